The number of aryl methyl sites for hydroxylation is 1. The van der Waals surface area contributed by atoms with Crippen molar-refractivity contribution in [3.05, 3.63) is 63.5 Å². The molecule has 0 aliphatic carbocycles. The number of amides is 1. The van der Waals surface area contributed by atoms with Crippen LogP contribution >= 0.6 is 11.6 Å². The summed E-state index contributed by atoms with van der Waals surface area (Å²) in [5.41, 5.74) is 8.78. The molecule has 2 heterocycles. The zero-order valence-corrected chi connectivity index (χ0v) is 22.2. The summed E-state index contributed by atoms with van der Waals surface area (Å²) in [5, 5.41) is -0.195. The van der Waals surface area contributed by atoms with E-state index in [4.69, 9.17) is 22.3 Å². The molecule has 0 bridgehead atoms. The highest BCUT2D eigenvalue weighted by Crippen LogP contribution is 2.37. The lowest BCUT2D eigenvalue weighted by molar-refractivity contribution is -0.0494. The third-order valence-corrected chi connectivity index (χ3v) is 6.81. The predicted octanol–water partition coefficient (Wildman–Crippen LogP) is 6.63. The SMILES string of the molecule is C=C(N)c1c(C)nc(C(C)c2cc(Cl)c(F)c(C(=O)N3CCC(F)(F)CC3)c2CC(C)C)n1/C=C\C. The Labute approximate surface area is 215 Å². The maximum Gasteiger partial charge on any atom is 0.257 e. The maximum atomic E-state index is 15.5. The van der Waals surface area contributed by atoms with Crippen LogP contribution in [0, 0.1) is 18.7 Å². The van der Waals surface area contributed by atoms with E-state index in [1.807, 2.05) is 51.5 Å². The van der Waals surface area contributed by atoms with Crippen LogP contribution in [0.3, 0.4) is 0 Å². The molecule has 1 atom stereocenters. The fourth-order valence-electron chi connectivity index (χ4n) is 4.81. The van der Waals surface area contributed by atoms with Crippen molar-refractivity contribution in [1.82, 2.24) is 14.5 Å². The van der Waals surface area contributed by atoms with Crippen molar-refractivity contribution in [2.45, 2.75) is 65.7 Å². The number of rotatable bonds is 7. The average Bonchev–Trinajstić information content (AvgIpc) is 3.11. The summed E-state index contributed by atoms with van der Waals surface area (Å²) in [7, 11) is 0. The molecular formula is C27H34ClF3N4O. The van der Waals surface area contributed by atoms with Crippen LogP contribution in [0.25, 0.3) is 11.9 Å². The monoisotopic (exact) mass is 522 g/mol. The highest BCUT2D eigenvalue weighted by molar-refractivity contribution is 6.31. The third-order valence-electron chi connectivity index (χ3n) is 6.54. The van der Waals surface area contributed by atoms with Gasteiger partial charge in [0, 0.05) is 38.0 Å². The second-order valence-corrected chi connectivity index (χ2v) is 10.3. The van der Waals surface area contributed by atoms with Gasteiger partial charge < -0.3 is 15.2 Å². The summed E-state index contributed by atoms with van der Waals surface area (Å²) in [4.78, 5) is 19.6. The summed E-state index contributed by atoms with van der Waals surface area (Å²) in [5.74, 6) is -3.93. The standard InChI is InChI=1S/C27H34ClF3N4O/c1-7-10-35-24(17(5)32)18(6)33-25(35)16(4)19-14-21(28)23(29)22(20(19)13-15(2)3)26(36)34-11-8-27(30,31)9-12-34/h7,10,14-16H,5,8-9,11-13,32H2,1-4,6H3/b10-7-. The van der Waals surface area contributed by atoms with Gasteiger partial charge in [-0.15, -0.1) is 0 Å². The number of aromatic nitrogens is 2. The van der Waals surface area contributed by atoms with Gasteiger partial charge in [-0.25, -0.2) is 18.2 Å². The van der Waals surface area contributed by atoms with Gasteiger partial charge in [0.15, 0.2) is 5.82 Å². The van der Waals surface area contributed by atoms with Crippen LogP contribution in [-0.2, 0) is 6.42 Å². The largest absolute Gasteiger partial charge is 0.397 e. The molecule has 0 spiro atoms. The molecule has 1 aromatic heterocycles. The summed E-state index contributed by atoms with van der Waals surface area (Å²) in [6, 6.07) is 1.54. The van der Waals surface area contributed by atoms with Crippen LogP contribution in [0.5, 0.6) is 0 Å². The highest BCUT2D eigenvalue weighted by atomic mass is 35.5. The minimum Gasteiger partial charge on any atom is -0.397 e. The first kappa shape index (κ1) is 27.8. The molecule has 0 radical (unpaired) electrons. The third kappa shape index (κ3) is 5.48. The normalized spacial score (nSPS) is 16.7. The van der Waals surface area contributed by atoms with Crippen LogP contribution in [0.1, 0.15) is 85.2 Å². The summed E-state index contributed by atoms with van der Waals surface area (Å²) < 4.78 is 44.8. The van der Waals surface area contributed by atoms with E-state index < -0.39 is 36.4 Å². The predicted molar refractivity (Wildman–Crippen MR) is 139 cm³/mol. The molecular weight excluding hydrogens is 489 g/mol. The number of alkyl halides is 2. The molecule has 1 amide bonds. The number of piperidine rings is 1. The Balaban J connectivity index is 2.20. The summed E-state index contributed by atoms with van der Waals surface area (Å²) in [6.07, 6.45) is 3.17. The van der Waals surface area contributed by atoms with Crippen molar-refractivity contribution in [3.63, 3.8) is 0 Å². The molecule has 1 fully saturated rings. The number of hydrogen-bond donors (Lipinski definition) is 1. The Morgan fingerprint density at radius 2 is 1.92 bits per heavy atom. The van der Waals surface area contributed by atoms with Crippen LogP contribution in [-0.4, -0.2) is 39.4 Å². The molecule has 1 saturated heterocycles. The van der Waals surface area contributed by atoms with Crippen LogP contribution in [0.2, 0.25) is 5.02 Å². The van der Waals surface area contributed by atoms with Gasteiger partial charge in [0.1, 0.15) is 5.82 Å². The lowest BCUT2D eigenvalue weighted by Crippen LogP contribution is -2.43. The minimum atomic E-state index is -2.82. The van der Waals surface area contributed by atoms with Gasteiger partial charge >= 0.3 is 0 Å². The lowest BCUT2D eigenvalue weighted by Gasteiger charge is -2.33. The first-order valence-electron chi connectivity index (χ1n) is 12.1. The van der Waals surface area contributed by atoms with Gasteiger partial charge in [-0.05, 0) is 43.4 Å². The molecule has 0 saturated carbocycles. The first-order chi connectivity index (χ1) is 16.8. The second kappa shape index (κ2) is 10.7. The van der Waals surface area contributed by atoms with Crippen LogP contribution < -0.4 is 5.73 Å². The molecule has 2 aromatic rings. The average molecular weight is 523 g/mol. The molecule has 3 rings (SSSR count). The number of allylic oxidation sites excluding steroid dienone is 1. The fourth-order valence-corrected chi connectivity index (χ4v) is 5.03. The molecule has 1 unspecified atom stereocenters. The van der Waals surface area contributed by atoms with Crippen molar-refractivity contribution >= 4 is 29.4 Å². The Hall–Kier alpha value is -2.74. The summed E-state index contributed by atoms with van der Waals surface area (Å²) in [6.45, 7) is 13.1. The lowest BCUT2D eigenvalue weighted by atomic mass is 9.86. The summed E-state index contributed by atoms with van der Waals surface area (Å²) >= 11 is 6.33. The van der Waals surface area contributed by atoms with Crippen LogP contribution in [0.4, 0.5) is 13.2 Å². The quantitative estimate of drug-likeness (QED) is 0.444. The van der Waals surface area contributed by atoms with E-state index in [-0.39, 0.29) is 29.6 Å². The number of halogens is 4. The van der Waals surface area contributed by atoms with E-state index >= 15 is 4.39 Å². The topological polar surface area (TPSA) is 64.2 Å². The van der Waals surface area contributed by atoms with Crippen molar-refractivity contribution in [2.75, 3.05) is 13.1 Å². The smallest absolute Gasteiger partial charge is 0.257 e. The number of nitrogens with two attached hydrogens (primary N) is 1. The van der Waals surface area contributed by atoms with E-state index in [1.54, 1.807) is 6.07 Å². The minimum absolute atomic E-state index is 0.0881. The number of benzene rings is 1. The van der Waals surface area contributed by atoms with E-state index in [1.165, 1.54) is 4.90 Å². The number of carbonyl (C=O) groups is 1. The van der Waals surface area contributed by atoms with E-state index in [0.717, 1.165) is 0 Å². The Morgan fingerprint density at radius 1 is 1.31 bits per heavy atom. The number of likely N-dealkylation sites (tertiary alicyclic amines) is 1. The van der Waals surface area contributed by atoms with Crippen molar-refractivity contribution < 1.29 is 18.0 Å². The van der Waals surface area contributed by atoms with Crippen molar-refractivity contribution in [3.8, 4) is 0 Å². The van der Waals surface area contributed by atoms with Gasteiger partial charge in [0.2, 0.25) is 0 Å². The van der Waals surface area contributed by atoms with Gasteiger partial charge in [0.25, 0.3) is 11.8 Å². The number of carbonyl (C=O) groups excluding carboxylic acids is 1. The van der Waals surface area contributed by atoms with Gasteiger partial charge in [0.05, 0.1) is 27.7 Å². The van der Waals surface area contributed by atoms with Gasteiger partial charge in [-0.1, -0.05) is 45.0 Å². The van der Waals surface area contributed by atoms with Crippen LogP contribution in [0.15, 0.2) is 18.7 Å². The number of imidazole rings is 1. The molecule has 1 aliphatic rings. The molecule has 36 heavy (non-hydrogen) atoms. The molecule has 9 heteroatoms. The first-order valence-corrected chi connectivity index (χ1v) is 12.5. The zero-order valence-electron chi connectivity index (χ0n) is 21.5. The Bertz CT molecular complexity index is 1190. The molecule has 1 aliphatic heterocycles. The highest BCUT2D eigenvalue weighted by Gasteiger charge is 2.38. The van der Waals surface area contributed by atoms with Crippen molar-refractivity contribution in [2.24, 2.45) is 11.7 Å². The maximum absolute atomic E-state index is 15.5. The Kier molecular flexibility index (Phi) is 8.28. The number of nitrogens with zero attached hydrogens (tertiary/aromatic N) is 3. The number of hydrogen-bond acceptors (Lipinski definition) is 3. The zero-order chi connectivity index (χ0) is 26.9. The van der Waals surface area contributed by atoms with Crippen molar-refractivity contribution in [1.29, 1.82) is 0 Å². The van der Waals surface area contributed by atoms with E-state index in [0.29, 0.717) is 40.5 Å². The van der Waals surface area contributed by atoms with Gasteiger partial charge in [-0.2, -0.15) is 0 Å². The molecule has 196 valence electrons. The van der Waals surface area contributed by atoms with Gasteiger partial charge in [-0.3, -0.25) is 4.79 Å². The fraction of sp³-hybridized carbons (Fsp3) is 0.481. The molecule has 1 aromatic carbocycles. The second-order valence-electron chi connectivity index (χ2n) is 9.86. The molecule has 5 nitrogen and oxygen atoms in total. The Morgan fingerprint density at radius 3 is 2.44 bits per heavy atom. The van der Waals surface area contributed by atoms with E-state index in [9.17, 15) is 13.6 Å². The molecule has 2 N–H and O–H groups in total. The van der Waals surface area contributed by atoms with E-state index in [2.05, 4.69) is 6.58 Å².